The Morgan fingerprint density at radius 1 is 0.423 bits per heavy atom. The highest BCUT2D eigenvalue weighted by atomic mass is 14.1. The van der Waals surface area contributed by atoms with Gasteiger partial charge in [0.2, 0.25) is 0 Å². The van der Waals surface area contributed by atoms with E-state index in [0.29, 0.717) is 0 Å². The third kappa shape index (κ3) is 2.51. The molecule has 0 unspecified atom stereocenters. The number of hydrogen-bond acceptors (Lipinski definition) is 0. The van der Waals surface area contributed by atoms with Crippen molar-refractivity contribution in [2.24, 2.45) is 0 Å². The average Bonchev–Trinajstić information content (AvgIpc) is 2.73. The molecule has 0 aromatic heterocycles. The molecule has 0 fully saturated rings. The lowest BCUT2D eigenvalue weighted by atomic mass is 9.90. The lowest BCUT2D eigenvalue weighted by Crippen LogP contribution is -1.91. The van der Waals surface area contributed by atoms with Crippen LogP contribution in [0, 0.1) is 0 Å². The first kappa shape index (κ1) is 14.8. The number of rotatable bonds is 2. The Balaban J connectivity index is 1.65. The van der Waals surface area contributed by atoms with Crippen molar-refractivity contribution in [3.63, 3.8) is 0 Å². The Kier molecular flexibility index (Phi) is 3.44. The third-order valence-electron chi connectivity index (χ3n) is 4.86. The van der Waals surface area contributed by atoms with Crippen LogP contribution in [-0.2, 0) is 0 Å². The van der Waals surface area contributed by atoms with E-state index in [1.165, 1.54) is 32.7 Å². The highest BCUT2D eigenvalue weighted by Gasteiger charge is 2.12. The number of hydrogen-bond donors (Lipinski definition) is 0. The predicted molar refractivity (Wildman–Crippen MR) is 111 cm³/mol. The molecule has 0 nitrogen and oxygen atoms in total. The van der Waals surface area contributed by atoms with Crippen LogP contribution in [-0.4, -0.2) is 0 Å². The van der Waals surface area contributed by atoms with Crippen molar-refractivity contribution in [2.75, 3.05) is 0 Å². The molecular weight excluding hydrogens is 312 g/mol. The molecule has 0 heteroatoms. The van der Waals surface area contributed by atoms with Gasteiger partial charge < -0.3 is 0 Å². The summed E-state index contributed by atoms with van der Waals surface area (Å²) in [5, 5.41) is 4.99. The topological polar surface area (TPSA) is 0 Å². The van der Waals surface area contributed by atoms with Crippen molar-refractivity contribution in [2.45, 2.75) is 0 Å². The molecule has 0 amide bonds. The Hall–Kier alpha value is -3.56. The highest BCUT2D eigenvalue weighted by molar-refractivity contribution is 6.07. The van der Waals surface area contributed by atoms with E-state index in [1.807, 2.05) is 12.2 Å². The van der Waals surface area contributed by atoms with Gasteiger partial charge in [-0.2, -0.15) is 0 Å². The largest absolute Gasteiger partial charge is 0.110 e. The first-order chi connectivity index (χ1) is 12.9. The summed E-state index contributed by atoms with van der Waals surface area (Å²) in [5.41, 5.74) is 11.4. The molecule has 26 heavy (non-hydrogen) atoms. The summed E-state index contributed by atoms with van der Waals surface area (Å²) >= 11 is 0. The lowest BCUT2D eigenvalue weighted by Gasteiger charge is -2.12. The van der Waals surface area contributed by atoms with E-state index in [0.717, 1.165) is 11.1 Å². The van der Waals surface area contributed by atoms with Gasteiger partial charge in [-0.1, -0.05) is 72.8 Å². The van der Waals surface area contributed by atoms with Crippen LogP contribution in [0.4, 0.5) is 0 Å². The van der Waals surface area contributed by atoms with Crippen LogP contribution in [0.25, 0.3) is 32.7 Å². The zero-order valence-electron chi connectivity index (χ0n) is 14.2. The molecule has 0 spiro atoms. The second-order valence-corrected chi connectivity index (χ2v) is 6.50. The maximum Gasteiger partial charge on any atom is 0.0393 e. The molecule has 0 radical (unpaired) electrons. The van der Waals surface area contributed by atoms with Gasteiger partial charge in [0.15, 0.2) is 0 Å². The quantitative estimate of drug-likeness (QED) is 0.356. The molecule has 0 heterocycles. The fourth-order valence-corrected chi connectivity index (χ4v) is 3.54. The molecule has 120 valence electrons. The molecule has 0 N–H and O–H groups in total. The van der Waals surface area contributed by atoms with Crippen LogP contribution in [0.15, 0.2) is 109 Å². The van der Waals surface area contributed by atoms with Crippen LogP contribution in [0.1, 0.15) is 11.1 Å². The van der Waals surface area contributed by atoms with E-state index in [9.17, 15) is 0 Å². The van der Waals surface area contributed by atoms with Crippen molar-refractivity contribution < 1.29 is 0 Å². The van der Waals surface area contributed by atoms with Gasteiger partial charge in [-0.05, 0) is 57.0 Å². The summed E-state index contributed by atoms with van der Waals surface area (Å²) in [5.74, 6) is 0. The Morgan fingerprint density at radius 2 is 0.846 bits per heavy atom. The lowest BCUT2D eigenvalue weighted by molar-refractivity contribution is 1.62. The second-order valence-electron chi connectivity index (χ2n) is 6.50. The highest BCUT2D eigenvalue weighted by Crippen LogP contribution is 2.33. The van der Waals surface area contributed by atoms with Gasteiger partial charge in [-0.3, -0.25) is 0 Å². The maximum absolute atomic E-state index is 3.43. The van der Waals surface area contributed by atoms with Crippen LogP contribution in [0.2, 0.25) is 0 Å². The fourth-order valence-electron chi connectivity index (χ4n) is 3.54. The summed E-state index contributed by atoms with van der Waals surface area (Å²) in [4.78, 5) is 0. The zero-order valence-corrected chi connectivity index (χ0v) is 14.2. The van der Waals surface area contributed by atoms with E-state index in [4.69, 9.17) is 0 Å². The summed E-state index contributed by atoms with van der Waals surface area (Å²) < 4.78 is 0. The maximum atomic E-state index is 3.43. The molecule has 0 saturated heterocycles. The number of benzene rings is 4. The van der Waals surface area contributed by atoms with E-state index < -0.39 is 0 Å². The zero-order chi connectivity index (χ0) is 17.3. The van der Waals surface area contributed by atoms with Gasteiger partial charge in [-0.15, -0.1) is 11.5 Å². The Labute approximate surface area is 152 Å². The van der Waals surface area contributed by atoms with Gasteiger partial charge in [-0.25, -0.2) is 0 Å². The average molecular weight is 328 g/mol. The molecule has 0 aliphatic heterocycles. The molecule has 1 aliphatic carbocycles. The number of allylic oxidation sites excluding steroid dienone is 2. The summed E-state index contributed by atoms with van der Waals surface area (Å²) in [6, 6.07) is 30.1. The Bertz CT molecular complexity index is 1180. The molecular formula is C26H16. The van der Waals surface area contributed by atoms with Gasteiger partial charge in [0.1, 0.15) is 0 Å². The SMILES string of the molecule is C1=CC=C=C(c2ccc3ccccc3c2)C=1c1ccc2ccccc2c1. The van der Waals surface area contributed by atoms with E-state index >= 15 is 0 Å². The number of fused-ring (bicyclic) bond motifs is 2. The van der Waals surface area contributed by atoms with Gasteiger partial charge in [0, 0.05) is 11.1 Å². The van der Waals surface area contributed by atoms with Crippen molar-refractivity contribution in [3.05, 3.63) is 120 Å². The normalized spacial score (nSPS) is 13.1. The summed E-state index contributed by atoms with van der Waals surface area (Å²) in [6.07, 6.45) is 3.88. The van der Waals surface area contributed by atoms with Crippen molar-refractivity contribution in [1.82, 2.24) is 0 Å². The van der Waals surface area contributed by atoms with E-state index in [-0.39, 0.29) is 0 Å². The smallest absolute Gasteiger partial charge is 0.0393 e. The molecule has 0 atom stereocenters. The summed E-state index contributed by atoms with van der Waals surface area (Å²) in [7, 11) is 0. The van der Waals surface area contributed by atoms with Crippen molar-refractivity contribution >= 4 is 32.7 Å². The molecule has 4 aromatic rings. The van der Waals surface area contributed by atoms with E-state index in [1.54, 1.807) is 0 Å². The van der Waals surface area contributed by atoms with Crippen LogP contribution < -0.4 is 0 Å². The Morgan fingerprint density at radius 3 is 1.31 bits per heavy atom. The third-order valence-corrected chi connectivity index (χ3v) is 4.86. The van der Waals surface area contributed by atoms with Gasteiger partial charge in [0.25, 0.3) is 0 Å². The predicted octanol–water partition coefficient (Wildman–Crippen LogP) is 6.78. The molecule has 5 rings (SSSR count). The summed E-state index contributed by atoms with van der Waals surface area (Å²) in [6.45, 7) is 0. The van der Waals surface area contributed by atoms with Crippen LogP contribution in [0.3, 0.4) is 0 Å². The molecule has 4 aromatic carbocycles. The van der Waals surface area contributed by atoms with Crippen LogP contribution >= 0.6 is 0 Å². The van der Waals surface area contributed by atoms with Gasteiger partial charge in [0.05, 0.1) is 0 Å². The van der Waals surface area contributed by atoms with Crippen molar-refractivity contribution in [1.29, 1.82) is 0 Å². The van der Waals surface area contributed by atoms with Crippen LogP contribution in [0.5, 0.6) is 0 Å². The minimum Gasteiger partial charge on any atom is -0.110 e. The minimum atomic E-state index is 1.09. The molecule has 0 saturated carbocycles. The van der Waals surface area contributed by atoms with Crippen molar-refractivity contribution in [3.8, 4) is 0 Å². The standard InChI is InChI=1S/C26H16/c1-3-9-21-17-23(15-13-19(21)7-1)25-11-5-6-12-26(25)24-16-14-20-8-2-4-10-22(20)18-24/h1-10,13-18H. The molecule has 1 aliphatic rings. The minimum absolute atomic E-state index is 1.09. The first-order valence-corrected chi connectivity index (χ1v) is 8.79. The van der Waals surface area contributed by atoms with Gasteiger partial charge >= 0.3 is 0 Å². The first-order valence-electron chi connectivity index (χ1n) is 8.79. The monoisotopic (exact) mass is 328 g/mol. The van der Waals surface area contributed by atoms with E-state index in [2.05, 4.69) is 96.4 Å². The second kappa shape index (κ2) is 6.06. The fraction of sp³-hybridized carbons (Fsp3) is 0. The molecule has 0 bridgehead atoms.